The molecule has 0 saturated heterocycles. The number of nitrogens with zero attached hydrogens (tertiary/aromatic N) is 3. The van der Waals surface area contributed by atoms with Gasteiger partial charge in [0.25, 0.3) is 5.78 Å². The third kappa shape index (κ3) is 3.43. The number of thiophene rings is 1. The predicted octanol–water partition coefficient (Wildman–Crippen LogP) is 3.04. The average molecular weight is 381 g/mol. The summed E-state index contributed by atoms with van der Waals surface area (Å²) in [6, 6.07) is 4.97. The summed E-state index contributed by atoms with van der Waals surface area (Å²) < 4.78 is 0. The molecule has 1 saturated carbocycles. The molecule has 0 aromatic carbocycles. The lowest BCUT2D eigenvalue weighted by atomic mass is 10.3. The number of anilines is 2. The normalized spacial score (nSPS) is 13.1. The molecule has 3 aromatic heterocycles. The Morgan fingerprint density at radius 3 is 2.93 bits per heavy atom. The van der Waals surface area contributed by atoms with Crippen LogP contribution in [0.4, 0.5) is 11.6 Å². The summed E-state index contributed by atoms with van der Waals surface area (Å²) in [7, 11) is 0. The van der Waals surface area contributed by atoms with E-state index in [9.17, 15) is 9.59 Å². The average Bonchev–Trinajstić information content (AvgIpc) is 3.21. The van der Waals surface area contributed by atoms with Crippen LogP contribution < -0.4 is 5.32 Å². The molecule has 0 radical (unpaired) electrons. The minimum Gasteiger partial charge on any atom is -0.475 e. The fourth-order valence-electron chi connectivity index (χ4n) is 2.51. The predicted molar refractivity (Wildman–Crippen MR) is 101 cm³/mol. The van der Waals surface area contributed by atoms with Gasteiger partial charge in [-0.3, -0.25) is 9.89 Å². The summed E-state index contributed by atoms with van der Waals surface area (Å²) in [6.07, 6.45) is 9.34. The van der Waals surface area contributed by atoms with Gasteiger partial charge < -0.3 is 10.4 Å². The van der Waals surface area contributed by atoms with Crippen LogP contribution in [0.1, 0.15) is 41.1 Å². The number of terminal acetylenes is 1. The first-order valence-corrected chi connectivity index (χ1v) is 8.90. The highest BCUT2D eigenvalue weighted by atomic mass is 32.1. The van der Waals surface area contributed by atoms with Crippen molar-refractivity contribution in [3.63, 3.8) is 0 Å². The molecule has 0 amide bonds. The Kier molecular flexibility index (Phi) is 4.18. The number of H-pyrrole nitrogens is 1. The molecule has 4 rings (SSSR count). The smallest absolute Gasteiger partial charge is 0.378 e. The number of aliphatic carboxylic acids is 1. The highest BCUT2D eigenvalue weighted by molar-refractivity contribution is 7.18. The summed E-state index contributed by atoms with van der Waals surface area (Å²) in [4.78, 5) is 31.7. The van der Waals surface area contributed by atoms with E-state index in [1.54, 1.807) is 6.07 Å². The maximum atomic E-state index is 11.6. The fourth-order valence-corrected chi connectivity index (χ4v) is 3.39. The standard InChI is InChI=1S/C18H13N5O3S.H2/c1-2-9-8-19-17(13-6-5-12(27-13)15(24)18(25)26)21-16(9)20-14-7-11(22-23-14)10-3-4-10;/h1,5-8,10H,3-4H2,(H,25,26)(H2,19,20,21,22,23);1H. The van der Waals surface area contributed by atoms with Crippen molar-refractivity contribution in [2.45, 2.75) is 18.8 Å². The first-order valence-electron chi connectivity index (χ1n) is 8.09. The van der Waals surface area contributed by atoms with Crippen molar-refractivity contribution in [3.8, 4) is 23.0 Å². The number of nitrogens with one attached hydrogen (secondary N) is 2. The number of rotatable bonds is 6. The molecule has 0 aliphatic heterocycles. The molecule has 136 valence electrons. The Labute approximate surface area is 159 Å². The van der Waals surface area contributed by atoms with Gasteiger partial charge in [-0.15, -0.1) is 17.8 Å². The molecule has 1 fully saturated rings. The molecule has 8 nitrogen and oxygen atoms in total. The summed E-state index contributed by atoms with van der Waals surface area (Å²) in [5.74, 6) is 1.95. The molecule has 0 unspecified atom stereocenters. The molecule has 3 heterocycles. The van der Waals surface area contributed by atoms with E-state index in [0.29, 0.717) is 33.8 Å². The topological polar surface area (TPSA) is 121 Å². The number of carbonyl (C=O) groups is 2. The van der Waals surface area contributed by atoms with Crippen LogP contribution >= 0.6 is 11.3 Å². The van der Waals surface area contributed by atoms with Gasteiger partial charge in [-0.1, -0.05) is 5.92 Å². The lowest BCUT2D eigenvalue weighted by molar-refractivity contribution is -0.131. The molecule has 0 bridgehead atoms. The zero-order valence-electron chi connectivity index (χ0n) is 13.9. The van der Waals surface area contributed by atoms with Crippen molar-refractivity contribution in [2.75, 3.05) is 5.32 Å². The van der Waals surface area contributed by atoms with E-state index in [0.717, 1.165) is 29.9 Å². The van der Waals surface area contributed by atoms with Crippen LogP contribution in [0.2, 0.25) is 0 Å². The zero-order chi connectivity index (χ0) is 19.0. The second-order valence-corrected chi connectivity index (χ2v) is 7.09. The molecular weight excluding hydrogens is 366 g/mol. The van der Waals surface area contributed by atoms with Crippen LogP contribution in [0.25, 0.3) is 10.7 Å². The first kappa shape index (κ1) is 16.9. The quantitative estimate of drug-likeness (QED) is 0.341. The number of hydrogen-bond donors (Lipinski definition) is 3. The van der Waals surface area contributed by atoms with Crippen LogP contribution in [-0.2, 0) is 4.79 Å². The molecule has 3 aromatic rings. The van der Waals surface area contributed by atoms with Crippen LogP contribution in [0.3, 0.4) is 0 Å². The maximum absolute atomic E-state index is 11.6. The highest BCUT2D eigenvalue weighted by Gasteiger charge is 2.25. The van der Waals surface area contributed by atoms with Gasteiger partial charge in [-0.25, -0.2) is 14.8 Å². The Morgan fingerprint density at radius 1 is 1.41 bits per heavy atom. The number of aromatic amines is 1. The molecule has 27 heavy (non-hydrogen) atoms. The highest BCUT2D eigenvalue weighted by Crippen LogP contribution is 2.39. The van der Waals surface area contributed by atoms with E-state index in [1.165, 1.54) is 12.3 Å². The molecule has 1 aliphatic carbocycles. The van der Waals surface area contributed by atoms with E-state index in [2.05, 4.69) is 31.4 Å². The number of carbonyl (C=O) groups excluding carboxylic acids is 1. The fraction of sp³-hybridized carbons (Fsp3) is 0.167. The minimum absolute atomic E-state index is 0. The second-order valence-electron chi connectivity index (χ2n) is 6.01. The number of carboxylic acids is 1. The van der Waals surface area contributed by atoms with E-state index in [-0.39, 0.29) is 6.30 Å². The molecule has 0 atom stereocenters. The Balaban J connectivity index is 0.00000225. The zero-order valence-corrected chi connectivity index (χ0v) is 14.7. The lowest BCUT2D eigenvalue weighted by Crippen LogP contribution is -2.10. The Hall–Kier alpha value is -3.51. The van der Waals surface area contributed by atoms with Gasteiger partial charge in [-0.2, -0.15) is 5.10 Å². The Morgan fingerprint density at radius 2 is 2.22 bits per heavy atom. The molecule has 3 N–H and O–H groups in total. The molecule has 9 heteroatoms. The monoisotopic (exact) mass is 381 g/mol. The van der Waals surface area contributed by atoms with E-state index in [4.69, 9.17) is 11.5 Å². The number of aromatic nitrogens is 4. The number of carboxylic acid groups (broad SMARTS) is 1. The van der Waals surface area contributed by atoms with Gasteiger partial charge in [0.15, 0.2) is 17.5 Å². The summed E-state index contributed by atoms with van der Waals surface area (Å²) in [5.41, 5.74) is 1.54. The van der Waals surface area contributed by atoms with Crippen molar-refractivity contribution in [1.82, 2.24) is 20.2 Å². The summed E-state index contributed by atoms with van der Waals surface area (Å²) in [5, 5.41) is 19.1. The van der Waals surface area contributed by atoms with Gasteiger partial charge in [0.05, 0.1) is 15.3 Å². The van der Waals surface area contributed by atoms with Gasteiger partial charge in [0, 0.05) is 25.3 Å². The van der Waals surface area contributed by atoms with Crippen LogP contribution in [0.5, 0.6) is 0 Å². The van der Waals surface area contributed by atoms with Gasteiger partial charge >= 0.3 is 5.97 Å². The molecule has 0 spiro atoms. The third-order valence-corrected chi connectivity index (χ3v) is 5.13. The van der Waals surface area contributed by atoms with Gasteiger partial charge in [-0.05, 0) is 25.0 Å². The summed E-state index contributed by atoms with van der Waals surface area (Å²) >= 11 is 1.01. The van der Waals surface area contributed by atoms with Crippen LogP contribution in [0, 0.1) is 12.3 Å². The number of hydrogen-bond acceptors (Lipinski definition) is 7. The van der Waals surface area contributed by atoms with Crippen LogP contribution in [-0.4, -0.2) is 37.0 Å². The van der Waals surface area contributed by atoms with Crippen molar-refractivity contribution in [3.05, 3.63) is 40.5 Å². The molecule has 1 aliphatic rings. The minimum atomic E-state index is -1.50. The van der Waals surface area contributed by atoms with Crippen molar-refractivity contribution in [2.24, 2.45) is 0 Å². The van der Waals surface area contributed by atoms with E-state index >= 15 is 0 Å². The van der Waals surface area contributed by atoms with Gasteiger partial charge in [0.1, 0.15) is 0 Å². The number of ketones is 1. The first-order chi connectivity index (χ1) is 13.0. The van der Waals surface area contributed by atoms with E-state index in [1.807, 2.05) is 6.07 Å². The van der Waals surface area contributed by atoms with Crippen LogP contribution in [0.15, 0.2) is 24.4 Å². The maximum Gasteiger partial charge on any atom is 0.378 e. The van der Waals surface area contributed by atoms with Crippen molar-refractivity contribution >= 4 is 34.7 Å². The molecular formula is C18H15N5O3S. The van der Waals surface area contributed by atoms with Crippen molar-refractivity contribution in [1.29, 1.82) is 0 Å². The second kappa shape index (κ2) is 6.66. The summed E-state index contributed by atoms with van der Waals surface area (Å²) in [6.45, 7) is 0. The lowest BCUT2D eigenvalue weighted by Gasteiger charge is -2.06. The van der Waals surface area contributed by atoms with Gasteiger partial charge in [0.2, 0.25) is 0 Å². The SMILES string of the molecule is C#Cc1cnc(-c2ccc(C(=O)C(=O)O)s2)nc1Nc1cc(C2CC2)[nH]n1.[HH]. The largest absolute Gasteiger partial charge is 0.475 e. The van der Waals surface area contributed by atoms with E-state index < -0.39 is 11.8 Å². The Bertz CT molecular complexity index is 1100. The third-order valence-electron chi connectivity index (χ3n) is 4.05. The number of Topliss-reactive ketones (excluding diaryl/α,β-unsaturated/α-hetero) is 1. The van der Waals surface area contributed by atoms with Crippen molar-refractivity contribution < 1.29 is 16.1 Å².